The van der Waals surface area contributed by atoms with Crippen LogP contribution in [0.1, 0.15) is 18.0 Å². The third-order valence-corrected chi connectivity index (χ3v) is 2.16. The van der Waals surface area contributed by atoms with Crippen molar-refractivity contribution in [3.05, 3.63) is 11.6 Å². The number of nitriles is 1. The van der Waals surface area contributed by atoms with E-state index >= 15 is 0 Å². The van der Waals surface area contributed by atoms with Crippen LogP contribution in [0.3, 0.4) is 0 Å². The van der Waals surface area contributed by atoms with E-state index in [0.29, 0.717) is 17.5 Å². The predicted octanol–water partition coefficient (Wildman–Crippen LogP) is 1.11. The lowest BCUT2D eigenvalue weighted by Gasteiger charge is -2.07. The summed E-state index contributed by atoms with van der Waals surface area (Å²) in [6, 6.07) is 2.04. The lowest BCUT2D eigenvalue weighted by molar-refractivity contribution is 0.387. The lowest BCUT2D eigenvalue weighted by atomic mass is 10.3. The summed E-state index contributed by atoms with van der Waals surface area (Å²) in [5.41, 5.74) is 0.366. The molecule has 5 heteroatoms. The van der Waals surface area contributed by atoms with Gasteiger partial charge in [-0.25, -0.2) is 4.98 Å². The fraction of sp³-hybridized carbons (Fsp3) is 0.636. The molecule has 0 radical (unpaired) electrons. The maximum absolute atomic E-state index is 8.89. The third kappa shape index (κ3) is 3.24. The molecule has 1 aromatic heterocycles. The van der Waals surface area contributed by atoms with Gasteiger partial charge in [-0.3, -0.25) is 0 Å². The van der Waals surface area contributed by atoms with Gasteiger partial charge in [0.05, 0.1) is 0 Å². The van der Waals surface area contributed by atoms with Crippen LogP contribution < -0.4 is 4.90 Å². The maximum Gasteiger partial charge on any atom is 0.234 e. The molecule has 0 saturated carbocycles. The van der Waals surface area contributed by atoms with E-state index in [1.807, 2.05) is 34.3 Å². The minimum absolute atomic E-state index is 0.366. The summed E-state index contributed by atoms with van der Waals surface area (Å²) in [5.74, 6) is 1.18. The minimum atomic E-state index is 0.366. The molecular formula is C11H18N4O. The summed E-state index contributed by atoms with van der Waals surface area (Å²) in [6.07, 6.45) is 1.74. The van der Waals surface area contributed by atoms with Crippen LogP contribution in [0.25, 0.3) is 0 Å². The molecule has 0 spiro atoms. The minimum Gasteiger partial charge on any atom is -0.424 e. The van der Waals surface area contributed by atoms with Crippen molar-refractivity contribution in [2.24, 2.45) is 0 Å². The molecular weight excluding hydrogens is 204 g/mol. The number of oxazole rings is 1. The summed E-state index contributed by atoms with van der Waals surface area (Å²) in [4.78, 5) is 8.04. The zero-order valence-corrected chi connectivity index (χ0v) is 10.3. The quantitative estimate of drug-likeness (QED) is 0.747. The first-order chi connectivity index (χ1) is 7.54. The van der Waals surface area contributed by atoms with E-state index in [4.69, 9.17) is 9.68 Å². The van der Waals surface area contributed by atoms with Gasteiger partial charge in [0.15, 0.2) is 5.89 Å². The third-order valence-electron chi connectivity index (χ3n) is 2.16. The molecule has 0 fully saturated rings. The van der Waals surface area contributed by atoms with Gasteiger partial charge in [0, 0.05) is 20.5 Å². The molecule has 0 saturated heterocycles. The van der Waals surface area contributed by atoms with E-state index < -0.39 is 0 Å². The summed E-state index contributed by atoms with van der Waals surface area (Å²) < 4.78 is 5.52. The fourth-order valence-electron chi connectivity index (χ4n) is 1.38. The van der Waals surface area contributed by atoms with E-state index in [2.05, 4.69) is 9.88 Å². The Hall–Kier alpha value is -1.54. The monoisotopic (exact) mass is 222 g/mol. The van der Waals surface area contributed by atoms with Gasteiger partial charge in [0.2, 0.25) is 11.6 Å². The van der Waals surface area contributed by atoms with Gasteiger partial charge in [-0.1, -0.05) is 0 Å². The SMILES string of the molecule is CN(C)CCCc1nc(C#N)c(N(C)C)o1. The predicted molar refractivity (Wildman–Crippen MR) is 62.4 cm³/mol. The Morgan fingerprint density at radius 3 is 2.44 bits per heavy atom. The molecule has 1 heterocycles. The van der Waals surface area contributed by atoms with E-state index in [9.17, 15) is 0 Å². The molecule has 0 unspecified atom stereocenters. The Morgan fingerprint density at radius 2 is 2.00 bits per heavy atom. The Morgan fingerprint density at radius 1 is 1.31 bits per heavy atom. The highest BCUT2D eigenvalue weighted by atomic mass is 16.4. The van der Waals surface area contributed by atoms with Gasteiger partial charge >= 0.3 is 0 Å². The van der Waals surface area contributed by atoms with Crippen molar-refractivity contribution in [3.8, 4) is 6.07 Å². The fourth-order valence-corrected chi connectivity index (χ4v) is 1.38. The Bertz CT molecular complexity index is 376. The van der Waals surface area contributed by atoms with Crippen molar-refractivity contribution in [1.82, 2.24) is 9.88 Å². The molecule has 1 aromatic rings. The molecule has 88 valence electrons. The zero-order chi connectivity index (χ0) is 12.1. The van der Waals surface area contributed by atoms with E-state index in [1.54, 1.807) is 4.90 Å². The number of anilines is 1. The Balaban J connectivity index is 2.65. The highest BCUT2D eigenvalue weighted by molar-refractivity contribution is 5.46. The summed E-state index contributed by atoms with van der Waals surface area (Å²) in [6.45, 7) is 0.988. The lowest BCUT2D eigenvalue weighted by Crippen LogP contribution is -2.13. The smallest absolute Gasteiger partial charge is 0.234 e. The van der Waals surface area contributed by atoms with Crippen LogP contribution in [0.5, 0.6) is 0 Å². The van der Waals surface area contributed by atoms with Crippen molar-refractivity contribution in [1.29, 1.82) is 5.26 Å². The van der Waals surface area contributed by atoms with E-state index in [1.165, 1.54) is 0 Å². The Kier molecular flexibility index (Phi) is 4.32. The molecule has 1 rings (SSSR count). The van der Waals surface area contributed by atoms with Crippen molar-refractivity contribution in [2.45, 2.75) is 12.8 Å². The number of rotatable bonds is 5. The summed E-state index contributed by atoms with van der Waals surface area (Å²) in [5, 5.41) is 8.89. The van der Waals surface area contributed by atoms with Gasteiger partial charge in [-0.05, 0) is 27.1 Å². The topological polar surface area (TPSA) is 56.3 Å². The van der Waals surface area contributed by atoms with Gasteiger partial charge in [0.1, 0.15) is 6.07 Å². The van der Waals surface area contributed by atoms with Crippen molar-refractivity contribution >= 4 is 5.88 Å². The van der Waals surface area contributed by atoms with Crippen molar-refractivity contribution in [2.75, 3.05) is 39.6 Å². The van der Waals surface area contributed by atoms with Gasteiger partial charge in [-0.2, -0.15) is 5.26 Å². The molecule has 0 atom stereocenters. The molecule has 0 amide bonds. The summed E-state index contributed by atoms with van der Waals surface area (Å²) >= 11 is 0. The first-order valence-electron chi connectivity index (χ1n) is 5.26. The van der Waals surface area contributed by atoms with E-state index in [-0.39, 0.29) is 0 Å². The van der Waals surface area contributed by atoms with Crippen LogP contribution in [-0.4, -0.2) is 44.6 Å². The average Bonchev–Trinajstić information content (AvgIpc) is 2.60. The molecule has 0 aliphatic heterocycles. The van der Waals surface area contributed by atoms with Crippen LogP contribution in [-0.2, 0) is 6.42 Å². The second kappa shape index (κ2) is 5.52. The van der Waals surface area contributed by atoms with Crippen LogP contribution in [0, 0.1) is 11.3 Å². The normalized spacial score (nSPS) is 10.5. The molecule has 0 aromatic carbocycles. The van der Waals surface area contributed by atoms with E-state index in [0.717, 1.165) is 19.4 Å². The van der Waals surface area contributed by atoms with Crippen LogP contribution >= 0.6 is 0 Å². The number of nitrogens with zero attached hydrogens (tertiary/aromatic N) is 4. The van der Waals surface area contributed by atoms with Crippen LogP contribution in [0.4, 0.5) is 5.88 Å². The second-order valence-electron chi connectivity index (χ2n) is 4.17. The summed E-state index contributed by atoms with van der Waals surface area (Å²) in [7, 11) is 7.74. The first-order valence-corrected chi connectivity index (χ1v) is 5.26. The standard InChI is InChI=1S/C11H18N4O/c1-14(2)7-5-6-10-13-9(8-12)11(16-10)15(3)4/h5-7H2,1-4H3. The van der Waals surface area contributed by atoms with Crippen LogP contribution in [0.2, 0.25) is 0 Å². The molecule has 0 aliphatic rings. The highest BCUT2D eigenvalue weighted by Crippen LogP contribution is 2.19. The second-order valence-corrected chi connectivity index (χ2v) is 4.17. The van der Waals surface area contributed by atoms with Gasteiger partial charge < -0.3 is 14.2 Å². The highest BCUT2D eigenvalue weighted by Gasteiger charge is 2.14. The van der Waals surface area contributed by atoms with Gasteiger partial charge in [-0.15, -0.1) is 0 Å². The first kappa shape index (κ1) is 12.5. The number of aromatic nitrogens is 1. The number of hydrogen-bond acceptors (Lipinski definition) is 5. The number of hydrogen-bond donors (Lipinski definition) is 0. The van der Waals surface area contributed by atoms with Gasteiger partial charge in [0.25, 0.3) is 0 Å². The van der Waals surface area contributed by atoms with Crippen molar-refractivity contribution < 1.29 is 4.42 Å². The van der Waals surface area contributed by atoms with Crippen molar-refractivity contribution in [3.63, 3.8) is 0 Å². The molecule has 0 N–H and O–H groups in total. The largest absolute Gasteiger partial charge is 0.424 e. The average molecular weight is 222 g/mol. The zero-order valence-electron chi connectivity index (χ0n) is 10.3. The maximum atomic E-state index is 8.89. The molecule has 0 aliphatic carbocycles. The Labute approximate surface area is 96.3 Å². The molecule has 0 bridgehead atoms. The molecule has 5 nitrogen and oxygen atoms in total. The number of aryl methyl sites for hydroxylation is 1. The van der Waals surface area contributed by atoms with Crippen LogP contribution in [0.15, 0.2) is 4.42 Å². The molecule has 16 heavy (non-hydrogen) atoms.